The second-order valence-electron chi connectivity index (χ2n) is 5.40. The first-order valence-corrected chi connectivity index (χ1v) is 8.90. The molecule has 1 unspecified atom stereocenters. The second kappa shape index (κ2) is 6.91. The minimum atomic E-state index is -3.31. The van der Waals surface area contributed by atoms with Crippen molar-refractivity contribution in [3.63, 3.8) is 0 Å². The quantitative estimate of drug-likeness (QED) is 0.741. The Labute approximate surface area is 125 Å². The van der Waals surface area contributed by atoms with E-state index in [1.54, 1.807) is 24.3 Å². The number of amides is 1. The van der Waals surface area contributed by atoms with Crippen LogP contribution < -0.4 is 15.4 Å². The fourth-order valence-corrected chi connectivity index (χ4v) is 2.95. The summed E-state index contributed by atoms with van der Waals surface area (Å²) in [6, 6.07) is 6.68. The van der Waals surface area contributed by atoms with Crippen molar-refractivity contribution < 1.29 is 13.2 Å². The van der Waals surface area contributed by atoms with E-state index in [2.05, 4.69) is 15.4 Å². The van der Waals surface area contributed by atoms with Crippen molar-refractivity contribution in [3.05, 3.63) is 24.3 Å². The average molecular weight is 311 g/mol. The van der Waals surface area contributed by atoms with Gasteiger partial charge in [-0.05, 0) is 50.0 Å². The van der Waals surface area contributed by atoms with Gasteiger partial charge in [0.05, 0.1) is 11.9 Å². The number of nitrogens with one attached hydrogen (secondary N) is 3. The molecule has 0 bridgehead atoms. The first-order valence-electron chi connectivity index (χ1n) is 7.01. The maximum atomic E-state index is 11.9. The van der Waals surface area contributed by atoms with Crippen LogP contribution in [0.1, 0.15) is 19.3 Å². The van der Waals surface area contributed by atoms with E-state index in [4.69, 9.17) is 0 Å². The predicted molar refractivity (Wildman–Crippen MR) is 83.7 cm³/mol. The Morgan fingerprint density at radius 3 is 2.81 bits per heavy atom. The molecule has 2 rings (SSSR count). The summed E-state index contributed by atoms with van der Waals surface area (Å²) >= 11 is 0. The molecule has 0 aromatic heterocycles. The molecule has 1 aliphatic heterocycles. The van der Waals surface area contributed by atoms with Crippen LogP contribution in [-0.4, -0.2) is 33.7 Å². The van der Waals surface area contributed by atoms with Gasteiger partial charge in [0.15, 0.2) is 0 Å². The minimum absolute atomic E-state index is 0.0431. The molecule has 1 atom stereocenters. The number of anilines is 2. The van der Waals surface area contributed by atoms with Crippen LogP contribution in [0.15, 0.2) is 24.3 Å². The van der Waals surface area contributed by atoms with Crippen LogP contribution in [0.5, 0.6) is 0 Å². The molecule has 1 heterocycles. The van der Waals surface area contributed by atoms with E-state index in [0.29, 0.717) is 23.7 Å². The monoisotopic (exact) mass is 311 g/mol. The maximum absolute atomic E-state index is 11.9. The van der Waals surface area contributed by atoms with Crippen LogP contribution in [0, 0.1) is 5.92 Å². The third-order valence-corrected chi connectivity index (χ3v) is 4.00. The molecule has 0 aliphatic carbocycles. The van der Waals surface area contributed by atoms with Crippen molar-refractivity contribution >= 4 is 27.3 Å². The van der Waals surface area contributed by atoms with Crippen molar-refractivity contribution in [1.29, 1.82) is 0 Å². The summed E-state index contributed by atoms with van der Waals surface area (Å²) in [6.07, 6.45) is 3.57. The molecule has 1 saturated heterocycles. The molecule has 21 heavy (non-hydrogen) atoms. The third kappa shape index (κ3) is 5.73. The Balaban J connectivity index is 1.86. The number of benzene rings is 1. The lowest BCUT2D eigenvalue weighted by Gasteiger charge is -2.10. The molecular weight excluding hydrogens is 290 g/mol. The van der Waals surface area contributed by atoms with E-state index in [0.717, 1.165) is 32.2 Å². The Bertz CT molecular complexity index is 595. The van der Waals surface area contributed by atoms with Crippen LogP contribution in [0.25, 0.3) is 0 Å². The first-order chi connectivity index (χ1) is 9.92. The smallest absolute Gasteiger partial charge is 0.229 e. The molecule has 0 radical (unpaired) electrons. The standard InChI is InChI=1S/C14H21N3O3S/c1-21(19,20)17-13-4-2-3-12(9-13)16-14(18)6-5-11-7-8-15-10-11/h2-4,9,11,15,17H,5-8,10H2,1H3,(H,16,18). The number of carbonyl (C=O) groups is 1. The fourth-order valence-electron chi connectivity index (χ4n) is 2.39. The Kier molecular flexibility index (Phi) is 5.19. The van der Waals surface area contributed by atoms with E-state index in [1.165, 1.54) is 0 Å². The largest absolute Gasteiger partial charge is 0.326 e. The molecule has 1 aromatic carbocycles. The fraction of sp³-hybridized carbons (Fsp3) is 0.500. The van der Waals surface area contributed by atoms with Crippen LogP contribution in [-0.2, 0) is 14.8 Å². The van der Waals surface area contributed by atoms with E-state index >= 15 is 0 Å². The zero-order valence-corrected chi connectivity index (χ0v) is 12.9. The van der Waals surface area contributed by atoms with Gasteiger partial charge in [-0.1, -0.05) is 6.07 Å². The Morgan fingerprint density at radius 2 is 2.14 bits per heavy atom. The molecule has 0 saturated carbocycles. The maximum Gasteiger partial charge on any atom is 0.229 e. The van der Waals surface area contributed by atoms with Crippen LogP contribution in [0.3, 0.4) is 0 Å². The van der Waals surface area contributed by atoms with E-state index in [1.807, 2.05) is 0 Å². The van der Waals surface area contributed by atoms with Gasteiger partial charge >= 0.3 is 0 Å². The lowest BCUT2D eigenvalue weighted by atomic mass is 10.0. The SMILES string of the molecule is CS(=O)(=O)Nc1cccc(NC(=O)CCC2CCNC2)c1. The third-order valence-electron chi connectivity index (χ3n) is 3.39. The van der Waals surface area contributed by atoms with Gasteiger partial charge < -0.3 is 10.6 Å². The van der Waals surface area contributed by atoms with Crippen molar-refractivity contribution in [2.75, 3.05) is 29.4 Å². The molecule has 116 valence electrons. The van der Waals surface area contributed by atoms with Crippen LogP contribution >= 0.6 is 0 Å². The second-order valence-corrected chi connectivity index (χ2v) is 7.15. The Hall–Kier alpha value is -1.60. The lowest BCUT2D eigenvalue weighted by molar-refractivity contribution is -0.116. The number of carbonyl (C=O) groups excluding carboxylic acids is 1. The highest BCUT2D eigenvalue weighted by Crippen LogP contribution is 2.18. The van der Waals surface area contributed by atoms with E-state index in [9.17, 15) is 13.2 Å². The first kappa shape index (κ1) is 15.8. The van der Waals surface area contributed by atoms with Crippen LogP contribution in [0.2, 0.25) is 0 Å². The summed E-state index contributed by atoms with van der Waals surface area (Å²) in [5.41, 5.74) is 1.04. The summed E-state index contributed by atoms with van der Waals surface area (Å²) in [5, 5.41) is 6.08. The highest BCUT2D eigenvalue weighted by Gasteiger charge is 2.15. The van der Waals surface area contributed by atoms with Gasteiger partial charge in [-0.2, -0.15) is 0 Å². The molecule has 3 N–H and O–H groups in total. The van der Waals surface area contributed by atoms with Gasteiger partial charge in [-0.3, -0.25) is 9.52 Å². The van der Waals surface area contributed by atoms with Crippen molar-refractivity contribution in [2.45, 2.75) is 19.3 Å². The van der Waals surface area contributed by atoms with Gasteiger partial charge in [0, 0.05) is 12.1 Å². The lowest BCUT2D eigenvalue weighted by Crippen LogP contribution is -2.15. The molecule has 7 heteroatoms. The summed E-state index contributed by atoms with van der Waals surface area (Å²) in [4.78, 5) is 11.9. The van der Waals surface area contributed by atoms with Crippen LogP contribution in [0.4, 0.5) is 11.4 Å². The molecule has 1 aliphatic rings. The van der Waals surface area contributed by atoms with Gasteiger partial charge in [-0.15, -0.1) is 0 Å². The molecule has 0 spiro atoms. The van der Waals surface area contributed by atoms with Crippen molar-refractivity contribution in [2.24, 2.45) is 5.92 Å². The molecule has 1 aromatic rings. The number of sulfonamides is 1. The summed E-state index contributed by atoms with van der Waals surface area (Å²) in [6.45, 7) is 2.02. The van der Waals surface area contributed by atoms with Gasteiger partial charge in [0.1, 0.15) is 0 Å². The molecule has 6 nitrogen and oxygen atoms in total. The van der Waals surface area contributed by atoms with Gasteiger partial charge in [0.25, 0.3) is 0 Å². The normalized spacial score (nSPS) is 18.4. The number of hydrogen-bond acceptors (Lipinski definition) is 4. The summed E-state index contributed by atoms with van der Waals surface area (Å²) in [5.74, 6) is 0.535. The average Bonchev–Trinajstić information content (AvgIpc) is 2.87. The zero-order valence-electron chi connectivity index (χ0n) is 12.1. The topological polar surface area (TPSA) is 87.3 Å². The molecular formula is C14H21N3O3S. The predicted octanol–water partition coefficient (Wildman–Crippen LogP) is 1.39. The number of rotatable bonds is 6. The molecule has 1 amide bonds. The minimum Gasteiger partial charge on any atom is -0.326 e. The summed E-state index contributed by atoms with van der Waals surface area (Å²) in [7, 11) is -3.31. The molecule has 1 fully saturated rings. The number of hydrogen-bond donors (Lipinski definition) is 3. The van der Waals surface area contributed by atoms with E-state index < -0.39 is 10.0 Å². The van der Waals surface area contributed by atoms with E-state index in [-0.39, 0.29) is 5.91 Å². The highest BCUT2D eigenvalue weighted by molar-refractivity contribution is 7.92. The van der Waals surface area contributed by atoms with Gasteiger partial charge in [-0.25, -0.2) is 8.42 Å². The van der Waals surface area contributed by atoms with Gasteiger partial charge in [0.2, 0.25) is 15.9 Å². The Morgan fingerprint density at radius 1 is 1.38 bits per heavy atom. The highest BCUT2D eigenvalue weighted by atomic mass is 32.2. The van der Waals surface area contributed by atoms with Crippen molar-refractivity contribution in [1.82, 2.24) is 5.32 Å². The zero-order chi connectivity index (χ0) is 15.3. The summed E-state index contributed by atoms with van der Waals surface area (Å²) < 4.78 is 24.7. The van der Waals surface area contributed by atoms with Crippen molar-refractivity contribution in [3.8, 4) is 0 Å².